The predicted octanol–water partition coefficient (Wildman–Crippen LogP) is 1.88. The van der Waals surface area contributed by atoms with E-state index in [1.165, 1.54) is 28.3 Å². The molecule has 3 aromatic rings. The molecule has 2 aliphatic rings. The lowest BCUT2D eigenvalue weighted by molar-refractivity contribution is 0.216. The molecular formula is C22H22FN5O3. The van der Waals surface area contributed by atoms with Crippen LogP contribution in [0.5, 0.6) is 0 Å². The molecule has 1 saturated heterocycles. The molecule has 0 N–H and O–H groups in total. The number of anilines is 1. The molecular weight excluding hydrogens is 401 g/mol. The normalized spacial score (nSPS) is 17.4. The molecule has 0 saturated carbocycles. The van der Waals surface area contributed by atoms with Crippen LogP contribution in [0.15, 0.2) is 46.3 Å². The van der Waals surface area contributed by atoms with Gasteiger partial charge in [0.05, 0.1) is 24.2 Å². The van der Waals surface area contributed by atoms with Crippen LogP contribution in [-0.4, -0.2) is 45.4 Å². The van der Waals surface area contributed by atoms with Gasteiger partial charge >= 0.3 is 11.1 Å². The Kier molecular flexibility index (Phi) is 4.90. The van der Waals surface area contributed by atoms with E-state index < -0.39 is 16.9 Å². The summed E-state index contributed by atoms with van der Waals surface area (Å²) < 4.78 is 21.8. The molecule has 4 heterocycles. The number of aryl methyl sites for hydroxylation is 1. The smallest absolute Gasteiger partial charge is 0.317 e. The van der Waals surface area contributed by atoms with E-state index in [-0.39, 0.29) is 6.04 Å². The molecule has 2 aliphatic heterocycles. The number of aromatic nitrogens is 4. The number of ether oxygens (including phenoxy) is 1. The molecule has 0 atom stereocenters. The summed E-state index contributed by atoms with van der Waals surface area (Å²) in [7, 11) is 1.49. The van der Waals surface area contributed by atoms with Gasteiger partial charge in [0.15, 0.2) is 0 Å². The van der Waals surface area contributed by atoms with Crippen LogP contribution in [0.1, 0.15) is 24.4 Å². The number of hydrogen-bond acceptors (Lipinski definition) is 6. The molecule has 1 fully saturated rings. The van der Waals surface area contributed by atoms with Crippen LogP contribution in [0.4, 0.5) is 10.3 Å². The van der Waals surface area contributed by atoms with Gasteiger partial charge in [-0.3, -0.25) is 14.2 Å². The molecule has 5 rings (SSSR count). The summed E-state index contributed by atoms with van der Waals surface area (Å²) in [5, 5.41) is 0. The van der Waals surface area contributed by atoms with Crippen molar-refractivity contribution in [2.24, 2.45) is 7.05 Å². The van der Waals surface area contributed by atoms with Crippen molar-refractivity contribution in [1.82, 2.24) is 19.1 Å². The summed E-state index contributed by atoms with van der Waals surface area (Å²) in [6, 6.07) is 4.03. The number of halogens is 1. The molecule has 2 aromatic heterocycles. The van der Waals surface area contributed by atoms with Crippen molar-refractivity contribution in [3.05, 3.63) is 68.8 Å². The molecule has 0 radical (unpaired) electrons. The minimum Gasteiger partial charge on any atom is -0.373 e. The Bertz CT molecular complexity index is 1290. The summed E-state index contributed by atoms with van der Waals surface area (Å²) >= 11 is 0. The Labute approximate surface area is 177 Å². The van der Waals surface area contributed by atoms with E-state index >= 15 is 0 Å². The first-order valence-corrected chi connectivity index (χ1v) is 10.3. The van der Waals surface area contributed by atoms with E-state index in [1.807, 2.05) is 18.5 Å². The summed E-state index contributed by atoms with van der Waals surface area (Å²) in [5.41, 5.74) is 1.81. The quantitative estimate of drug-likeness (QED) is 0.599. The fourth-order valence-corrected chi connectivity index (χ4v) is 4.36. The Morgan fingerprint density at radius 3 is 2.48 bits per heavy atom. The van der Waals surface area contributed by atoms with Crippen LogP contribution in [0.25, 0.3) is 16.6 Å². The minimum absolute atomic E-state index is 0.148. The highest BCUT2D eigenvalue weighted by Crippen LogP contribution is 2.27. The van der Waals surface area contributed by atoms with E-state index in [9.17, 15) is 14.0 Å². The summed E-state index contributed by atoms with van der Waals surface area (Å²) in [6.07, 6.45) is 6.96. The molecule has 0 spiro atoms. The Morgan fingerprint density at radius 1 is 1.06 bits per heavy atom. The highest BCUT2D eigenvalue weighted by atomic mass is 19.1. The summed E-state index contributed by atoms with van der Waals surface area (Å²) in [5.74, 6) is 0.202. The van der Waals surface area contributed by atoms with E-state index in [2.05, 4.69) is 14.9 Å². The van der Waals surface area contributed by atoms with Gasteiger partial charge in [0.2, 0.25) is 5.95 Å². The van der Waals surface area contributed by atoms with Crippen molar-refractivity contribution in [1.29, 1.82) is 0 Å². The zero-order valence-corrected chi connectivity index (χ0v) is 17.1. The number of nitrogens with zero attached hydrogens (tertiary/aromatic N) is 5. The van der Waals surface area contributed by atoms with Gasteiger partial charge in [-0.2, -0.15) is 0 Å². The maximum Gasteiger partial charge on any atom is 0.317 e. The van der Waals surface area contributed by atoms with Crippen LogP contribution in [0.3, 0.4) is 0 Å². The fourth-order valence-electron chi connectivity index (χ4n) is 4.36. The van der Waals surface area contributed by atoms with Crippen LogP contribution in [0, 0.1) is 5.82 Å². The summed E-state index contributed by atoms with van der Waals surface area (Å²) in [6.45, 7) is 2.51. The highest BCUT2D eigenvalue weighted by molar-refractivity contribution is 5.75. The first-order chi connectivity index (χ1) is 15.0. The number of benzene rings is 1. The van der Waals surface area contributed by atoms with Gasteiger partial charge in [-0.15, -0.1) is 0 Å². The molecule has 0 aliphatic carbocycles. The van der Waals surface area contributed by atoms with Crippen molar-refractivity contribution >= 4 is 22.6 Å². The Balaban J connectivity index is 1.39. The van der Waals surface area contributed by atoms with Crippen molar-refractivity contribution in [3.63, 3.8) is 0 Å². The summed E-state index contributed by atoms with van der Waals surface area (Å²) in [4.78, 5) is 36.3. The molecule has 160 valence electrons. The predicted molar refractivity (Wildman–Crippen MR) is 115 cm³/mol. The Morgan fingerprint density at radius 2 is 1.81 bits per heavy atom. The van der Waals surface area contributed by atoms with E-state index in [0.29, 0.717) is 56.1 Å². The number of piperidine rings is 1. The first kappa shape index (κ1) is 19.6. The number of hydrogen-bond donors (Lipinski definition) is 0. The zero-order chi connectivity index (χ0) is 21.5. The standard InChI is InChI=1S/C22H22FN5O3/c1-26-19-10-16(23)2-3-18(19)28(21(30)20(26)29)17-4-7-27(8-5-17)22-24-11-15(12-25-22)14-6-9-31-13-14/h2-3,6,10-12,17H,4-5,7-9,13H2,1H3. The van der Waals surface area contributed by atoms with Gasteiger partial charge in [0, 0.05) is 44.1 Å². The lowest BCUT2D eigenvalue weighted by Gasteiger charge is -2.33. The number of fused-ring (bicyclic) bond motifs is 1. The Hall–Kier alpha value is -3.33. The SMILES string of the molecule is Cn1c(=O)c(=O)n(C2CCN(c3ncc(C4=CCOC4)cn3)CC2)c2ccc(F)cc21. The third-order valence-electron chi connectivity index (χ3n) is 6.09. The molecule has 1 aromatic carbocycles. The third-order valence-corrected chi connectivity index (χ3v) is 6.09. The van der Waals surface area contributed by atoms with Crippen LogP contribution >= 0.6 is 0 Å². The van der Waals surface area contributed by atoms with E-state index in [1.54, 1.807) is 6.07 Å². The van der Waals surface area contributed by atoms with Crippen molar-refractivity contribution in [2.75, 3.05) is 31.2 Å². The molecule has 0 amide bonds. The third kappa shape index (κ3) is 3.44. The van der Waals surface area contributed by atoms with Crippen LogP contribution < -0.4 is 16.0 Å². The van der Waals surface area contributed by atoms with Crippen LogP contribution in [-0.2, 0) is 11.8 Å². The van der Waals surface area contributed by atoms with Gasteiger partial charge in [0.1, 0.15) is 5.82 Å². The zero-order valence-electron chi connectivity index (χ0n) is 17.1. The maximum atomic E-state index is 13.8. The highest BCUT2D eigenvalue weighted by Gasteiger charge is 2.26. The van der Waals surface area contributed by atoms with Gasteiger partial charge in [-0.25, -0.2) is 14.4 Å². The second-order valence-corrected chi connectivity index (χ2v) is 7.91. The lowest BCUT2D eigenvalue weighted by Crippen LogP contribution is -2.45. The molecule has 8 nitrogen and oxygen atoms in total. The van der Waals surface area contributed by atoms with E-state index in [0.717, 1.165) is 11.1 Å². The average molecular weight is 423 g/mol. The number of rotatable bonds is 3. The average Bonchev–Trinajstić information content (AvgIpc) is 3.34. The molecule has 0 unspecified atom stereocenters. The topological polar surface area (TPSA) is 82.2 Å². The monoisotopic (exact) mass is 423 g/mol. The van der Waals surface area contributed by atoms with Gasteiger partial charge in [-0.05, 0) is 36.6 Å². The fraction of sp³-hybridized carbons (Fsp3) is 0.364. The second kappa shape index (κ2) is 7.73. The lowest BCUT2D eigenvalue weighted by atomic mass is 10.0. The molecule has 9 heteroatoms. The van der Waals surface area contributed by atoms with Gasteiger partial charge in [-0.1, -0.05) is 6.08 Å². The van der Waals surface area contributed by atoms with Gasteiger partial charge < -0.3 is 14.2 Å². The second-order valence-electron chi connectivity index (χ2n) is 7.91. The maximum absolute atomic E-state index is 13.8. The minimum atomic E-state index is -0.648. The van der Waals surface area contributed by atoms with E-state index in [4.69, 9.17) is 4.74 Å². The van der Waals surface area contributed by atoms with Gasteiger partial charge in [0.25, 0.3) is 0 Å². The van der Waals surface area contributed by atoms with Crippen molar-refractivity contribution in [3.8, 4) is 0 Å². The molecule has 31 heavy (non-hydrogen) atoms. The largest absolute Gasteiger partial charge is 0.373 e. The first-order valence-electron chi connectivity index (χ1n) is 10.3. The van der Waals surface area contributed by atoms with Crippen molar-refractivity contribution in [2.45, 2.75) is 18.9 Å². The van der Waals surface area contributed by atoms with Crippen molar-refractivity contribution < 1.29 is 9.13 Å². The molecule has 0 bridgehead atoms. The van der Waals surface area contributed by atoms with Crippen LogP contribution in [0.2, 0.25) is 0 Å².